The van der Waals surface area contributed by atoms with E-state index in [2.05, 4.69) is 15.8 Å². The highest BCUT2D eigenvalue weighted by Gasteiger charge is 2.27. The van der Waals surface area contributed by atoms with Crippen LogP contribution < -0.4 is 19.8 Å². The van der Waals surface area contributed by atoms with E-state index in [1.165, 1.54) is 37.4 Å². The first-order valence-corrected chi connectivity index (χ1v) is 14.7. The molecule has 0 saturated carbocycles. The fourth-order valence-electron chi connectivity index (χ4n) is 3.88. The third-order valence-electron chi connectivity index (χ3n) is 6.02. The smallest absolute Gasteiger partial charge is 0.264 e. The lowest BCUT2D eigenvalue weighted by Crippen LogP contribution is -2.39. The molecule has 4 rings (SSSR count). The molecule has 2 N–H and O–H groups in total. The van der Waals surface area contributed by atoms with Crippen LogP contribution in [0.2, 0.25) is 10.0 Å². The van der Waals surface area contributed by atoms with Crippen LogP contribution in [0.3, 0.4) is 0 Å². The second kappa shape index (κ2) is 13.5. The Kier molecular flexibility index (Phi) is 9.84. The van der Waals surface area contributed by atoms with Crippen molar-refractivity contribution in [3.63, 3.8) is 0 Å². The maximum Gasteiger partial charge on any atom is 0.264 e. The normalized spacial score (nSPS) is 11.5. The van der Waals surface area contributed by atoms with Gasteiger partial charge in [0.05, 0.1) is 28.4 Å². The molecule has 0 heterocycles. The monoisotopic (exact) mass is 624 g/mol. The number of nitrogens with one attached hydrogen (secondary N) is 2. The number of benzene rings is 4. The van der Waals surface area contributed by atoms with E-state index < -0.39 is 22.5 Å². The molecule has 0 fully saturated rings. The molecule has 0 aliphatic rings. The number of carbonyl (C=O) groups excluding carboxylic acids is 2. The van der Waals surface area contributed by atoms with Gasteiger partial charge in [-0.25, -0.2) is 13.8 Å². The number of sulfonamides is 1. The predicted molar refractivity (Wildman–Crippen MR) is 165 cm³/mol. The number of rotatable bonds is 10. The minimum atomic E-state index is -4.14. The Morgan fingerprint density at radius 2 is 1.60 bits per heavy atom. The summed E-state index contributed by atoms with van der Waals surface area (Å²) < 4.78 is 33.2. The predicted octanol–water partition coefficient (Wildman–Crippen LogP) is 5.99. The van der Waals surface area contributed by atoms with Crippen molar-refractivity contribution in [3.05, 3.63) is 118 Å². The summed E-state index contributed by atoms with van der Waals surface area (Å²) in [6, 6.07) is 25.6. The molecule has 4 aromatic rings. The van der Waals surface area contributed by atoms with Crippen molar-refractivity contribution in [2.45, 2.75) is 11.8 Å². The zero-order valence-corrected chi connectivity index (χ0v) is 24.9. The fourth-order valence-corrected chi connectivity index (χ4v) is 5.75. The highest BCUT2D eigenvalue weighted by molar-refractivity contribution is 7.92. The van der Waals surface area contributed by atoms with E-state index in [-0.39, 0.29) is 21.5 Å². The molecule has 0 atom stereocenters. The van der Waals surface area contributed by atoms with Gasteiger partial charge in [0.25, 0.3) is 21.8 Å². The second-order valence-electron chi connectivity index (χ2n) is 8.92. The van der Waals surface area contributed by atoms with Crippen LogP contribution in [-0.4, -0.2) is 39.6 Å². The van der Waals surface area contributed by atoms with Gasteiger partial charge >= 0.3 is 0 Å². The van der Waals surface area contributed by atoms with E-state index >= 15 is 0 Å². The van der Waals surface area contributed by atoms with Crippen LogP contribution in [0.15, 0.2) is 107 Å². The molecule has 0 bridgehead atoms. The molecule has 12 heteroatoms. The quantitative estimate of drug-likeness (QED) is 0.166. The van der Waals surface area contributed by atoms with Crippen LogP contribution in [0.25, 0.3) is 0 Å². The van der Waals surface area contributed by atoms with Crippen molar-refractivity contribution >= 4 is 62.1 Å². The molecule has 9 nitrogen and oxygen atoms in total. The van der Waals surface area contributed by atoms with Gasteiger partial charge in [-0.05, 0) is 73.2 Å². The first-order valence-electron chi connectivity index (χ1n) is 12.5. The number of hydrazone groups is 1. The number of hydrogen-bond donors (Lipinski definition) is 2. The Bertz CT molecular complexity index is 1750. The summed E-state index contributed by atoms with van der Waals surface area (Å²) in [6.45, 7) is 1.09. The zero-order valence-electron chi connectivity index (χ0n) is 22.5. The minimum absolute atomic E-state index is 0.000980. The molecule has 0 saturated heterocycles. The molecule has 0 aliphatic heterocycles. The van der Waals surface area contributed by atoms with Crippen molar-refractivity contribution < 1.29 is 22.7 Å². The fraction of sp³-hybridized carbons (Fsp3) is 0.100. The molecule has 0 aromatic heterocycles. The first kappa shape index (κ1) is 30.6. The van der Waals surface area contributed by atoms with E-state index in [1.54, 1.807) is 73.7 Å². The summed E-state index contributed by atoms with van der Waals surface area (Å²) in [6.07, 6.45) is 0. The van der Waals surface area contributed by atoms with Crippen LogP contribution >= 0.6 is 23.2 Å². The van der Waals surface area contributed by atoms with Gasteiger partial charge in [0.1, 0.15) is 12.3 Å². The molecule has 4 aromatic carbocycles. The second-order valence-corrected chi connectivity index (χ2v) is 11.6. The molecule has 0 aliphatic carbocycles. The number of carbonyl (C=O) groups is 2. The van der Waals surface area contributed by atoms with Gasteiger partial charge in [0.2, 0.25) is 0 Å². The summed E-state index contributed by atoms with van der Waals surface area (Å²) in [5, 5.41) is 7.58. The van der Waals surface area contributed by atoms with E-state index in [4.69, 9.17) is 27.9 Å². The highest BCUT2D eigenvalue weighted by Crippen LogP contribution is 2.31. The topological polar surface area (TPSA) is 117 Å². The Balaban J connectivity index is 1.52. The number of amides is 2. The Labute approximate surface area is 253 Å². The van der Waals surface area contributed by atoms with Gasteiger partial charge in [-0.15, -0.1) is 0 Å². The molecular formula is C30H26Cl2N4O5S. The van der Waals surface area contributed by atoms with Gasteiger partial charge in [-0.3, -0.25) is 13.9 Å². The van der Waals surface area contributed by atoms with Crippen molar-refractivity contribution in [2.24, 2.45) is 5.10 Å². The number of hydrogen-bond acceptors (Lipinski definition) is 6. The Hall–Kier alpha value is -4.38. The van der Waals surface area contributed by atoms with Gasteiger partial charge in [-0.1, -0.05) is 59.6 Å². The molecular weight excluding hydrogens is 599 g/mol. The van der Waals surface area contributed by atoms with Crippen LogP contribution in [-0.2, 0) is 14.8 Å². The average Bonchev–Trinajstić information content (AvgIpc) is 2.99. The van der Waals surface area contributed by atoms with E-state index in [0.29, 0.717) is 33.3 Å². The van der Waals surface area contributed by atoms with E-state index in [9.17, 15) is 18.0 Å². The third-order valence-corrected chi connectivity index (χ3v) is 8.33. The van der Waals surface area contributed by atoms with Crippen LogP contribution in [0, 0.1) is 0 Å². The van der Waals surface area contributed by atoms with Crippen molar-refractivity contribution in [1.29, 1.82) is 0 Å². The lowest BCUT2D eigenvalue weighted by molar-refractivity contribution is -0.119. The molecule has 0 spiro atoms. The first-order chi connectivity index (χ1) is 20.1. The molecule has 0 unspecified atom stereocenters. The van der Waals surface area contributed by atoms with Crippen molar-refractivity contribution in [2.75, 3.05) is 23.3 Å². The number of methoxy groups -OCH3 is 1. The van der Waals surface area contributed by atoms with Gasteiger partial charge in [0, 0.05) is 16.3 Å². The van der Waals surface area contributed by atoms with Crippen molar-refractivity contribution in [1.82, 2.24) is 5.43 Å². The van der Waals surface area contributed by atoms with Crippen molar-refractivity contribution in [3.8, 4) is 5.75 Å². The Morgan fingerprint density at radius 1 is 0.881 bits per heavy atom. The summed E-state index contributed by atoms with van der Waals surface area (Å²) >= 11 is 12.2. The zero-order chi connectivity index (χ0) is 30.3. The number of anilines is 2. The van der Waals surface area contributed by atoms with Gasteiger partial charge in [0.15, 0.2) is 0 Å². The third kappa shape index (κ3) is 7.47. The summed E-state index contributed by atoms with van der Waals surface area (Å²) in [5.74, 6) is -0.671. The summed E-state index contributed by atoms with van der Waals surface area (Å²) in [7, 11) is -2.70. The largest absolute Gasteiger partial charge is 0.495 e. The van der Waals surface area contributed by atoms with Crippen LogP contribution in [0.4, 0.5) is 11.4 Å². The van der Waals surface area contributed by atoms with E-state index in [0.717, 1.165) is 4.31 Å². The van der Waals surface area contributed by atoms with Gasteiger partial charge < -0.3 is 10.1 Å². The lowest BCUT2D eigenvalue weighted by atomic mass is 10.1. The highest BCUT2D eigenvalue weighted by atomic mass is 35.5. The van der Waals surface area contributed by atoms with E-state index in [1.807, 2.05) is 0 Å². The summed E-state index contributed by atoms with van der Waals surface area (Å²) in [5.41, 5.74) is 4.54. The molecule has 216 valence electrons. The maximum absolute atomic E-state index is 13.5. The van der Waals surface area contributed by atoms with Crippen LogP contribution in [0.5, 0.6) is 5.75 Å². The molecule has 0 radical (unpaired) electrons. The number of nitrogens with zero attached hydrogens (tertiary/aromatic N) is 2. The minimum Gasteiger partial charge on any atom is -0.495 e. The SMILES string of the molecule is COc1ccc(N(CC(=O)N/N=C(/C)c2cccc(NC(=O)c3cccc(Cl)c3)c2)S(=O)(=O)c2ccccc2)cc1Cl. The standard InChI is InChI=1S/C30H26Cl2N4O5S/c1-20(21-8-7-11-24(17-21)33-30(38)22-9-6-10-23(31)16-22)34-35-29(37)19-36(25-14-15-28(41-2)27(32)18-25)42(39,40)26-12-4-3-5-13-26/h3-18H,19H2,1-2H3,(H,33,38)(H,35,37)/b34-20-. The Morgan fingerprint density at radius 3 is 2.29 bits per heavy atom. The molecule has 2 amide bonds. The van der Waals surface area contributed by atoms with Gasteiger partial charge in [-0.2, -0.15) is 5.10 Å². The summed E-state index contributed by atoms with van der Waals surface area (Å²) in [4.78, 5) is 25.6. The maximum atomic E-state index is 13.5. The average molecular weight is 626 g/mol. The number of halogens is 2. The molecule has 42 heavy (non-hydrogen) atoms. The van der Waals surface area contributed by atoms with Crippen LogP contribution in [0.1, 0.15) is 22.8 Å². The lowest BCUT2D eigenvalue weighted by Gasteiger charge is -2.24. The number of ether oxygens (including phenoxy) is 1.